The summed E-state index contributed by atoms with van der Waals surface area (Å²) in [4.78, 5) is 11.9. The van der Waals surface area contributed by atoms with Gasteiger partial charge in [-0.25, -0.2) is 0 Å². The van der Waals surface area contributed by atoms with Crippen molar-refractivity contribution in [2.24, 2.45) is 0 Å². The van der Waals surface area contributed by atoms with Crippen LogP contribution in [0, 0.1) is 0 Å². The van der Waals surface area contributed by atoms with E-state index in [0.29, 0.717) is 5.12 Å². The molecule has 0 unspecified atom stereocenters. The number of carbonyl (C=O) groups excluding carboxylic acids is 1. The summed E-state index contributed by atoms with van der Waals surface area (Å²) in [5, 5.41) is 0.435. The normalized spacial score (nSPS) is 11.2. The molecule has 2 heteroatoms. The van der Waals surface area contributed by atoms with E-state index in [-0.39, 0.29) is 0 Å². The second kappa shape index (κ2) is 24.1. The Morgan fingerprint density at radius 3 is 1.22 bits per heavy atom. The van der Waals surface area contributed by atoms with E-state index in [2.05, 4.69) is 13.8 Å². The van der Waals surface area contributed by atoms with Crippen molar-refractivity contribution in [1.29, 1.82) is 0 Å². The smallest absolute Gasteiger partial charge is 0.188 e. The van der Waals surface area contributed by atoms with Crippen LogP contribution in [0.1, 0.15) is 149 Å². The highest BCUT2D eigenvalue weighted by atomic mass is 32.2. The predicted molar refractivity (Wildman–Crippen MR) is 126 cm³/mol. The zero-order valence-electron chi connectivity index (χ0n) is 18.9. The number of hydrogen-bond donors (Lipinski definition) is 0. The van der Waals surface area contributed by atoms with Crippen LogP contribution in [0.2, 0.25) is 0 Å². The maximum Gasteiger partial charge on any atom is 0.188 e. The molecule has 0 bridgehead atoms. The number of hydrogen-bond acceptors (Lipinski definition) is 2. The Labute approximate surface area is 176 Å². The maximum absolute atomic E-state index is 11.9. The summed E-state index contributed by atoms with van der Waals surface area (Å²) in [6, 6.07) is 0. The van der Waals surface area contributed by atoms with Gasteiger partial charge in [-0.15, -0.1) is 0 Å². The van der Waals surface area contributed by atoms with Gasteiger partial charge in [-0.3, -0.25) is 4.79 Å². The molecule has 0 aliphatic heterocycles. The lowest BCUT2D eigenvalue weighted by Crippen LogP contribution is -1.94. The Hall–Kier alpha value is 0.0200. The van der Waals surface area contributed by atoms with Crippen LogP contribution in [0.25, 0.3) is 0 Å². The van der Waals surface area contributed by atoms with E-state index in [9.17, 15) is 4.79 Å². The molecule has 27 heavy (non-hydrogen) atoms. The van der Waals surface area contributed by atoms with Crippen molar-refractivity contribution in [3.8, 4) is 0 Å². The summed E-state index contributed by atoms with van der Waals surface area (Å²) in [6.07, 6.45) is 28.0. The minimum absolute atomic E-state index is 0.435. The molecule has 0 atom stereocenters. The fourth-order valence-electron chi connectivity index (χ4n) is 3.60. The largest absolute Gasteiger partial charge is 0.287 e. The third-order valence-corrected chi connectivity index (χ3v) is 6.51. The van der Waals surface area contributed by atoms with Crippen LogP contribution in [-0.2, 0) is 4.79 Å². The number of thioether (sulfide) groups is 1. The molecule has 0 aromatic carbocycles. The van der Waals surface area contributed by atoms with Gasteiger partial charge < -0.3 is 0 Å². The number of rotatable bonds is 22. The second-order valence-corrected chi connectivity index (χ2v) is 9.49. The SMILES string of the molecule is CCCCCCCCCCCCCSC(=O)CCCCCCCCCCC. The first-order chi connectivity index (χ1) is 13.3. The van der Waals surface area contributed by atoms with E-state index in [1.54, 1.807) is 11.8 Å². The molecule has 0 aliphatic rings. The van der Waals surface area contributed by atoms with E-state index in [4.69, 9.17) is 0 Å². The zero-order valence-corrected chi connectivity index (χ0v) is 19.7. The predicted octanol–water partition coefficient (Wildman–Crippen LogP) is 9.48. The van der Waals surface area contributed by atoms with Crippen molar-refractivity contribution in [1.82, 2.24) is 0 Å². The molecule has 0 aliphatic carbocycles. The van der Waals surface area contributed by atoms with Crippen LogP contribution >= 0.6 is 11.8 Å². The Balaban J connectivity index is 3.13. The Morgan fingerprint density at radius 2 is 0.815 bits per heavy atom. The van der Waals surface area contributed by atoms with Crippen LogP contribution in [0.5, 0.6) is 0 Å². The standard InChI is InChI=1S/C25H50OS/c1-3-5-7-9-11-13-14-16-18-20-22-24-27-25(26)23-21-19-17-15-12-10-8-6-4-2/h3-24H2,1-2H3. The molecular formula is C25H50OS. The molecule has 0 saturated carbocycles. The summed E-state index contributed by atoms with van der Waals surface area (Å²) < 4.78 is 0. The highest BCUT2D eigenvalue weighted by Gasteiger charge is 2.02. The van der Waals surface area contributed by atoms with E-state index >= 15 is 0 Å². The minimum Gasteiger partial charge on any atom is -0.287 e. The van der Waals surface area contributed by atoms with Gasteiger partial charge >= 0.3 is 0 Å². The van der Waals surface area contributed by atoms with Crippen LogP contribution in [0.3, 0.4) is 0 Å². The van der Waals surface area contributed by atoms with E-state index in [1.807, 2.05) is 0 Å². The van der Waals surface area contributed by atoms with Crippen LogP contribution in [0.15, 0.2) is 0 Å². The van der Waals surface area contributed by atoms with E-state index < -0.39 is 0 Å². The van der Waals surface area contributed by atoms with Gasteiger partial charge in [-0.1, -0.05) is 141 Å². The summed E-state index contributed by atoms with van der Waals surface area (Å²) >= 11 is 1.59. The molecular weight excluding hydrogens is 348 g/mol. The van der Waals surface area contributed by atoms with E-state index in [1.165, 1.54) is 122 Å². The van der Waals surface area contributed by atoms with Gasteiger partial charge in [-0.05, 0) is 12.8 Å². The summed E-state index contributed by atoms with van der Waals surface area (Å²) in [7, 11) is 0. The molecule has 0 N–H and O–H groups in total. The number of carbonyl (C=O) groups is 1. The lowest BCUT2D eigenvalue weighted by Gasteiger charge is -2.03. The quantitative estimate of drug-likeness (QED) is 0.169. The molecule has 1 nitrogen and oxygen atoms in total. The van der Waals surface area contributed by atoms with Gasteiger partial charge in [0.2, 0.25) is 0 Å². The summed E-state index contributed by atoms with van der Waals surface area (Å²) in [5.74, 6) is 1.05. The van der Waals surface area contributed by atoms with Crippen LogP contribution in [0.4, 0.5) is 0 Å². The maximum atomic E-state index is 11.9. The summed E-state index contributed by atoms with van der Waals surface area (Å²) in [5.41, 5.74) is 0. The average Bonchev–Trinajstić information content (AvgIpc) is 2.67. The topological polar surface area (TPSA) is 17.1 Å². The van der Waals surface area contributed by atoms with Gasteiger partial charge in [0.15, 0.2) is 5.12 Å². The molecule has 0 aromatic heterocycles. The third-order valence-electron chi connectivity index (χ3n) is 5.50. The van der Waals surface area contributed by atoms with Gasteiger partial charge in [-0.2, -0.15) is 0 Å². The first kappa shape index (κ1) is 27.0. The first-order valence-corrected chi connectivity index (χ1v) is 13.5. The highest BCUT2D eigenvalue weighted by Crippen LogP contribution is 2.16. The monoisotopic (exact) mass is 398 g/mol. The molecule has 162 valence electrons. The Kier molecular flexibility index (Phi) is 24.1. The highest BCUT2D eigenvalue weighted by molar-refractivity contribution is 8.13. The zero-order chi connectivity index (χ0) is 19.8. The first-order valence-electron chi connectivity index (χ1n) is 12.5. The van der Waals surface area contributed by atoms with Crippen LogP contribution < -0.4 is 0 Å². The molecule has 0 radical (unpaired) electrons. The third kappa shape index (κ3) is 24.0. The molecule has 0 fully saturated rings. The van der Waals surface area contributed by atoms with Gasteiger partial charge in [0.05, 0.1) is 0 Å². The van der Waals surface area contributed by atoms with Crippen molar-refractivity contribution in [2.75, 3.05) is 5.75 Å². The fraction of sp³-hybridized carbons (Fsp3) is 0.960. The Bertz CT molecular complexity index is 290. The molecule has 0 heterocycles. The van der Waals surface area contributed by atoms with Crippen molar-refractivity contribution in [3.05, 3.63) is 0 Å². The van der Waals surface area contributed by atoms with Crippen molar-refractivity contribution < 1.29 is 4.79 Å². The summed E-state index contributed by atoms with van der Waals surface area (Å²) in [6.45, 7) is 4.55. The molecule has 0 rings (SSSR count). The van der Waals surface area contributed by atoms with Gasteiger partial charge in [0.25, 0.3) is 0 Å². The van der Waals surface area contributed by atoms with Crippen LogP contribution in [-0.4, -0.2) is 10.9 Å². The Morgan fingerprint density at radius 1 is 0.481 bits per heavy atom. The molecule has 0 spiro atoms. The number of unbranched alkanes of at least 4 members (excludes halogenated alkanes) is 18. The molecule has 0 amide bonds. The molecule has 0 aromatic rings. The second-order valence-electron chi connectivity index (χ2n) is 8.33. The lowest BCUT2D eigenvalue weighted by molar-refractivity contribution is -0.111. The average molecular weight is 399 g/mol. The van der Waals surface area contributed by atoms with Crippen molar-refractivity contribution >= 4 is 16.9 Å². The van der Waals surface area contributed by atoms with Gasteiger partial charge in [0.1, 0.15) is 0 Å². The fourth-order valence-corrected chi connectivity index (χ4v) is 4.47. The van der Waals surface area contributed by atoms with Crippen molar-refractivity contribution in [3.63, 3.8) is 0 Å². The van der Waals surface area contributed by atoms with E-state index in [0.717, 1.165) is 18.6 Å². The van der Waals surface area contributed by atoms with Gasteiger partial charge in [0, 0.05) is 12.2 Å². The molecule has 0 saturated heterocycles. The lowest BCUT2D eigenvalue weighted by atomic mass is 10.1. The minimum atomic E-state index is 0.435. The van der Waals surface area contributed by atoms with Crippen molar-refractivity contribution in [2.45, 2.75) is 149 Å².